The Morgan fingerprint density at radius 2 is 1.80 bits per heavy atom. The lowest BCUT2D eigenvalue weighted by Crippen LogP contribution is -2.64. The lowest BCUT2D eigenvalue weighted by molar-refractivity contribution is -0.126. The zero-order valence-electron chi connectivity index (χ0n) is 20.3. The molecule has 35 heavy (non-hydrogen) atoms. The number of carbonyl (C=O) groups is 2. The number of benzene rings is 2. The highest BCUT2D eigenvalue weighted by Crippen LogP contribution is 2.35. The molecule has 178 valence electrons. The standard InChI is InChI=1S/C28H28N4O2S/c1-18-7-5-8-21(12-18)16-29-27(34)28(4)17-31-24(15-23(30-31)25-9-6-10-35-25)26(33)32(28)22-13-19(2)11-20(3)14-22/h5-15H,16-17H2,1-4H3,(H,29,34). The van der Waals surface area contributed by atoms with Crippen molar-refractivity contribution < 1.29 is 9.59 Å². The van der Waals surface area contributed by atoms with E-state index in [4.69, 9.17) is 5.10 Å². The summed E-state index contributed by atoms with van der Waals surface area (Å²) in [5.41, 5.74) is 5.00. The fourth-order valence-corrected chi connectivity index (χ4v) is 5.49. The van der Waals surface area contributed by atoms with Gasteiger partial charge in [0.15, 0.2) is 0 Å². The molecule has 4 aromatic rings. The smallest absolute Gasteiger partial charge is 0.277 e. The van der Waals surface area contributed by atoms with E-state index >= 15 is 0 Å². The number of nitrogens with one attached hydrogen (secondary N) is 1. The van der Waals surface area contributed by atoms with Gasteiger partial charge in [-0.15, -0.1) is 11.3 Å². The maximum atomic E-state index is 14.0. The van der Waals surface area contributed by atoms with E-state index in [2.05, 4.69) is 17.4 Å². The minimum absolute atomic E-state index is 0.217. The fourth-order valence-electron chi connectivity index (χ4n) is 4.81. The lowest BCUT2D eigenvalue weighted by atomic mass is 9.93. The van der Waals surface area contributed by atoms with E-state index in [9.17, 15) is 9.59 Å². The van der Waals surface area contributed by atoms with E-state index in [1.807, 2.05) is 81.6 Å². The number of aryl methyl sites for hydroxylation is 3. The van der Waals surface area contributed by atoms with E-state index in [0.717, 1.165) is 32.8 Å². The second-order valence-electron chi connectivity index (χ2n) is 9.48. The summed E-state index contributed by atoms with van der Waals surface area (Å²) in [6.07, 6.45) is 0. The summed E-state index contributed by atoms with van der Waals surface area (Å²) in [6, 6.07) is 19.8. The number of carbonyl (C=O) groups excluding carboxylic acids is 2. The Bertz CT molecular complexity index is 1400. The Kier molecular flexibility index (Phi) is 5.81. The zero-order valence-corrected chi connectivity index (χ0v) is 21.1. The number of aromatic nitrogens is 2. The van der Waals surface area contributed by atoms with Crippen LogP contribution in [0.2, 0.25) is 0 Å². The van der Waals surface area contributed by atoms with Gasteiger partial charge in [-0.2, -0.15) is 5.10 Å². The highest BCUT2D eigenvalue weighted by molar-refractivity contribution is 7.13. The Balaban J connectivity index is 1.56. The Labute approximate surface area is 209 Å². The Morgan fingerprint density at radius 1 is 1.03 bits per heavy atom. The molecule has 1 unspecified atom stereocenters. The number of hydrogen-bond donors (Lipinski definition) is 1. The first-order chi connectivity index (χ1) is 16.7. The first-order valence-corrected chi connectivity index (χ1v) is 12.5. The largest absolute Gasteiger partial charge is 0.350 e. The third-order valence-electron chi connectivity index (χ3n) is 6.42. The summed E-state index contributed by atoms with van der Waals surface area (Å²) in [5, 5.41) is 9.78. The van der Waals surface area contributed by atoms with Gasteiger partial charge in [0.2, 0.25) is 5.91 Å². The van der Waals surface area contributed by atoms with Crippen molar-refractivity contribution in [3.05, 3.63) is 94.0 Å². The fraction of sp³-hybridized carbons (Fsp3) is 0.250. The van der Waals surface area contributed by atoms with Gasteiger partial charge in [-0.3, -0.25) is 19.2 Å². The maximum absolute atomic E-state index is 14.0. The summed E-state index contributed by atoms with van der Waals surface area (Å²) in [7, 11) is 0. The first-order valence-electron chi connectivity index (χ1n) is 11.6. The molecule has 0 saturated carbocycles. The predicted octanol–water partition coefficient (Wildman–Crippen LogP) is 5.27. The van der Waals surface area contributed by atoms with Crippen LogP contribution in [0.1, 0.15) is 39.7 Å². The second-order valence-corrected chi connectivity index (χ2v) is 10.4. The molecule has 2 aromatic heterocycles. The van der Waals surface area contributed by atoms with Crippen molar-refractivity contribution in [2.24, 2.45) is 0 Å². The SMILES string of the molecule is Cc1cccc(CNC(=O)C2(C)Cn3nc(-c4cccs4)cc3C(=O)N2c2cc(C)cc(C)c2)c1. The van der Waals surface area contributed by atoms with Crippen molar-refractivity contribution in [1.29, 1.82) is 0 Å². The lowest BCUT2D eigenvalue weighted by Gasteiger charge is -2.43. The summed E-state index contributed by atoms with van der Waals surface area (Å²) in [5.74, 6) is -0.449. The summed E-state index contributed by atoms with van der Waals surface area (Å²) in [6.45, 7) is 8.49. The van der Waals surface area contributed by atoms with Gasteiger partial charge in [-0.25, -0.2) is 0 Å². The van der Waals surface area contributed by atoms with Crippen LogP contribution in [0, 0.1) is 20.8 Å². The van der Waals surface area contributed by atoms with Crippen LogP contribution in [0.25, 0.3) is 10.6 Å². The number of anilines is 1. The molecule has 2 aromatic carbocycles. The molecular formula is C28H28N4O2S. The molecule has 3 heterocycles. The van der Waals surface area contributed by atoms with Crippen molar-refractivity contribution >= 4 is 28.8 Å². The number of amides is 2. The second kappa shape index (κ2) is 8.82. The molecule has 7 heteroatoms. The van der Waals surface area contributed by atoms with Gasteiger partial charge < -0.3 is 5.32 Å². The van der Waals surface area contributed by atoms with Crippen molar-refractivity contribution in [3.63, 3.8) is 0 Å². The van der Waals surface area contributed by atoms with Crippen LogP contribution in [-0.4, -0.2) is 27.1 Å². The van der Waals surface area contributed by atoms with Crippen molar-refractivity contribution in [1.82, 2.24) is 15.1 Å². The van der Waals surface area contributed by atoms with Crippen molar-refractivity contribution in [3.8, 4) is 10.6 Å². The number of fused-ring (bicyclic) bond motifs is 1. The van der Waals surface area contributed by atoms with Crippen molar-refractivity contribution in [2.75, 3.05) is 4.90 Å². The molecule has 5 rings (SSSR count). The topological polar surface area (TPSA) is 67.2 Å². The average molecular weight is 485 g/mol. The molecule has 1 N–H and O–H groups in total. The van der Waals surface area contributed by atoms with Gasteiger partial charge in [0, 0.05) is 12.2 Å². The van der Waals surface area contributed by atoms with Gasteiger partial charge >= 0.3 is 0 Å². The van der Waals surface area contributed by atoms with Crippen molar-refractivity contribution in [2.45, 2.75) is 46.3 Å². The molecule has 0 radical (unpaired) electrons. The van der Waals surface area contributed by atoms with Gasteiger partial charge in [0.1, 0.15) is 16.9 Å². The normalized spacial score (nSPS) is 17.4. The Morgan fingerprint density at radius 3 is 2.49 bits per heavy atom. The van der Waals surface area contributed by atoms with Crippen LogP contribution in [0.5, 0.6) is 0 Å². The van der Waals surface area contributed by atoms with E-state index in [1.165, 1.54) is 0 Å². The molecule has 1 aliphatic heterocycles. The monoisotopic (exact) mass is 484 g/mol. The number of rotatable bonds is 5. The molecule has 0 spiro atoms. The minimum atomic E-state index is -1.16. The van der Waals surface area contributed by atoms with E-state index in [-0.39, 0.29) is 18.4 Å². The van der Waals surface area contributed by atoms with E-state index < -0.39 is 5.54 Å². The molecule has 2 amide bonds. The molecule has 0 fully saturated rings. The summed E-state index contributed by atoms with van der Waals surface area (Å²) < 4.78 is 1.68. The van der Waals surface area contributed by atoms with Crippen LogP contribution in [0.4, 0.5) is 5.69 Å². The quantitative estimate of drug-likeness (QED) is 0.420. The van der Waals surface area contributed by atoms with E-state index in [0.29, 0.717) is 17.9 Å². The third kappa shape index (κ3) is 4.28. The maximum Gasteiger partial charge on any atom is 0.277 e. The molecule has 1 atom stereocenters. The van der Waals surface area contributed by atoms with Crippen LogP contribution in [0.3, 0.4) is 0 Å². The third-order valence-corrected chi connectivity index (χ3v) is 7.31. The Hall–Kier alpha value is -3.71. The summed E-state index contributed by atoms with van der Waals surface area (Å²) >= 11 is 1.57. The molecule has 0 bridgehead atoms. The number of nitrogens with zero attached hydrogens (tertiary/aromatic N) is 3. The average Bonchev–Trinajstić information content (AvgIpc) is 3.47. The van der Waals surface area contributed by atoms with Gasteiger partial charge in [-0.1, -0.05) is 42.0 Å². The summed E-state index contributed by atoms with van der Waals surface area (Å²) in [4.78, 5) is 30.4. The zero-order chi connectivity index (χ0) is 24.7. The molecular weight excluding hydrogens is 456 g/mol. The first kappa shape index (κ1) is 23.1. The van der Waals surface area contributed by atoms with Gasteiger partial charge in [-0.05, 0) is 74.0 Å². The van der Waals surface area contributed by atoms with Gasteiger partial charge in [0.25, 0.3) is 5.91 Å². The van der Waals surface area contributed by atoms with E-state index in [1.54, 1.807) is 20.9 Å². The van der Waals surface area contributed by atoms with Gasteiger partial charge in [0.05, 0.1) is 11.4 Å². The van der Waals surface area contributed by atoms with Crippen LogP contribution in [0.15, 0.2) is 66.0 Å². The van der Waals surface area contributed by atoms with Crippen LogP contribution >= 0.6 is 11.3 Å². The highest BCUT2D eigenvalue weighted by Gasteiger charge is 2.49. The highest BCUT2D eigenvalue weighted by atomic mass is 32.1. The number of thiophene rings is 1. The van der Waals surface area contributed by atoms with Crippen LogP contribution in [-0.2, 0) is 17.9 Å². The minimum Gasteiger partial charge on any atom is -0.350 e. The molecule has 0 aliphatic carbocycles. The predicted molar refractivity (Wildman–Crippen MR) is 140 cm³/mol. The molecule has 1 aliphatic rings. The van der Waals surface area contributed by atoms with Crippen LogP contribution < -0.4 is 10.2 Å². The molecule has 6 nitrogen and oxygen atoms in total. The molecule has 0 saturated heterocycles. The number of hydrogen-bond acceptors (Lipinski definition) is 4.